The number of anilines is 1. The predicted octanol–water partition coefficient (Wildman–Crippen LogP) is 2.53. The third-order valence-corrected chi connectivity index (χ3v) is 3.71. The Bertz CT molecular complexity index is 645. The summed E-state index contributed by atoms with van der Waals surface area (Å²) in [5, 5.41) is 0.846. The molecule has 0 aliphatic carbocycles. The fourth-order valence-electron chi connectivity index (χ4n) is 2.80. The van der Waals surface area contributed by atoms with Gasteiger partial charge < -0.3 is 14.4 Å². The molecule has 5 heteroatoms. The lowest BCUT2D eigenvalue weighted by Gasteiger charge is -2.35. The van der Waals surface area contributed by atoms with Crippen LogP contribution < -0.4 is 4.90 Å². The molecular formula is C16H19FN2O2. The lowest BCUT2D eigenvalue weighted by molar-refractivity contribution is -0.00996. The molecule has 1 aromatic heterocycles. The summed E-state index contributed by atoms with van der Waals surface area (Å²) >= 11 is 0. The van der Waals surface area contributed by atoms with Crippen LogP contribution >= 0.6 is 0 Å². The number of pyridine rings is 1. The maximum Gasteiger partial charge on any atom is 0.124 e. The van der Waals surface area contributed by atoms with Crippen LogP contribution in [0.4, 0.5) is 10.1 Å². The van der Waals surface area contributed by atoms with Gasteiger partial charge in [-0.15, -0.1) is 0 Å². The van der Waals surface area contributed by atoms with E-state index in [0.717, 1.165) is 35.4 Å². The summed E-state index contributed by atoms with van der Waals surface area (Å²) in [5.74, 6) is -0.240. The molecule has 0 bridgehead atoms. The molecule has 21 heavy (non-hydrogen) atoms. The van der Waals surface area contributed by atoms with Crippen LogP contribution in [-0.4, -0.2) is 44.5 Å². The molecule has 0 N–H and O–H groups in total. The molecule has 1 fully saturated rings. The summed E-state index contributed by atoms with van der Waals surface area (Å²) in [6, 6.07) is 6.74. The Morgan fingerprint density at radius 3 is 3.10 bits per heavy atom. The van der Waals surface area contributed by atoms with Crippen LogP contribution in [0.25, 0.3) is 10.9 Å². The van der Waals surface area contributed by atoms with E-state index in [-0.39, 0.29) is 11.9 Å². The molecule has 1 aliphatic heterocycles. The minimum atomic E-state index is -0.240. The summed E-state index contributed by atoms with van der Waals surface area (Å²) in [7, 11) is 1.67. The van der Waals surface area contributed by atoms with Crippen molar-refractivity contribution in [3.8, 4) is 0 Å². The van der Waals surface area contributed by atoms with Crippen LogP contribution in [0.5, 0.6) is 0 Å². The number of rotatable bonds is 3. The van der Waals surface area contributed by atoms with Gasteiger partial charge in [-0.3, -0.25) is 4.98 Å². The molecule has 1 saturated heterocycles. The molecule has 0 saturated carbocycles. The summed E-state index contributed by atoms with van der Waals surface area (Å²) in [6.07, 6.45) is 0.0424. The van der Waals surface area contributed by atoms with Gasteiger partial charge in [-0.1, -0.05) is 0 Å². The number of ether oxygens (including phenoxy) is 2. The average Bonchev–Trinajstić information content (AvgIpc) is 2.47. The zero-order chi connectivity index (χ0) is 14.8. The van der Waals surface area contributed by atoms with Crippen LogP contribution in [0.2, 0.25) is 0 Å². The van der Waals surface area contributed by atoms with Gasteiger partial charge in [0.1, 0.15) is 5.82 Å². The molecule has 2 heterocycles. The van der Waals surface area contributed by atoms with Gasteiger partial charge in [0.15, 0.2) is 0 Å². The molecule has 0 spiro atoms. The molecule has 3 rings (SSSR count). The number of nitrogens with zero attached hydrogens (tertiary/aromatic N) is 2. The van der Waals surface area contributed by atoms with Crippen molar-refractivity contribution in [1.82, 2.24) is 4.98 Å². The molecule has 112 valence electrons. The van der Waals surface area contributed by atoms with Crippen molar-refractivity contribution < 1.29 is 13.9 Å². The monoisotopic (exact) mass is 290 g/mol. The van der Waals surface area contributed by atoms with Crippen LogP contribution in [0, 0.1) is 12.7 Å². The van der Waals surface area contributed by atoms with E-state index in [0.29, 0.717) is 13.2 Å². The number of hydrogen-bond acceptors (Lipinski definition) is 4. The summed E-state index contributed by atoms with van der Waals surface area (Å²) in [6.45, 7) is 4.69. The molecule has 0 amide bonds. The van der Waals surface area contributed by atoms with Crippen molar-refractivity contribution in [3.05, 3.63) is 35.8 Å². The molecule has 4 nitrogen and oxygen atoms in total. The third-order valence-electron chi connectivity index (χ3n) is 3.71. The Kier molecular flexibility index (Phi) is 4.03. The van der Waals surface area contributed by atoms with E-state index in [1.165, 1.54) is 6.07 Å². The highest BCUT2D eigenvalue weighted by atomic mass is 19.1. The highest BCUT2D eigenvalue weighted by Gasteiger charge is 2.22. The maximum atomic E-state index is 13.6. The topological polar surface area (TPSA) is 34.6 Å². The van der Waals surface area contributed by atoms with E-state index in [2.05, 4.69) is 9.88 Å². The fourth-order valence-corrected chi connectivity index (χ4v) is 2.80. The SMILES string of the molecule is COCC1CN(c2cc(C)nc3ccc(F)cc23)CCO1. The van der Waals surface area contributed by atoms with E-state index in [1.54, 1.807) is 19.2 Å². The van der Waals surface area contributed by atoms with Crippen molar-refractivity contribution in [2.24, 2.45) is 0 Å². The lowest BCUT2D eigenvalue weighted by Crippen LogP contribution is -2.44. The summed E-state index contributed by atoms with van der Waals surface area (Å²) in [5.41, 5.74) is 2.77. The molecule has 1 unspecified atom stereocenters. The highest BCUT2D eigenvalue weighted by molar-refractivity contribution is 5.92. The number of morpholine rings is 1. The first kappa shape index (κ1) is 14.2. The first-order valence-electron chi connectivity index (χ1n) is 7.10. The Hall–Kier alpha value is -1.72. The van der Waals surface area contributed by atoms with Gasteiger partial charge in [-0.25, -0.2) is 4.39 Å². The number of fused-ring (bicyclic) bond motifs is 1. The largest absolute Gasteiger partial charge is 0.382 e. The van der Waals surface area contributed by atoms with Crippen LogP contribution in [0.1, 0.15) is 5.69 Å². The van der Waals surface area contributed by atoms with Crippen LogP contribution in [0.15, 0.2) is 24.3 Å². The van der Waals surface area contributed by atoms with E-state index < -0.39 is 0 Å². The van der Waals surface area contributed by atoms with Gasteiger partial charge in [-0.2, -0.15) is 0 Å². The van der Waals surface area contributed by atoms with Crippen LogP contribution in [0.3, 0.4) is 0 Å². The van der Waals surface area contributed by atoms with E-state index in [1.807, 2.05) is 13.0 Å². The smallest absolute Gasteiger partial charge is 0.124 e. The Balaban J connectivity index is 2.00. The van der Waals surface area contributed by atoms with Gasteiger partial charge in [0.05, 0.1) is 24.8 Å². The zero-order valence-corrected chi connectivity index (χ0v) is 12.3. The molecule has 0 radical (unpaired) electrons. The normalized spacial score (nSPS) is 19.2. The second-order valence-electron chi connectivity index (χ2n) is 5.34. The van der Waals surface area contributed by atoms with Crippen molar-refractivity contribution in [3.63, 3.8) is 0 Å². The lowest BCUT2D eigenvalue weighted by atomic mass is 10.1. The zero-order valence-electron chi connectivity index (χ0n) is 12.3. The van der Waals surface area contributed by atoms with Gasteiger partial charge in [0.25, 0.3) is 0 Å². The average molecular weight is 290 g/mol. The maximum absolute atomic E-state index is 13.6. The Labute approximate surface area is 123 Å². The van der Waals surface area contributed by atoms with Gasteiger partial charge in [0, 0.05) is 37.0 Å². The second kappa shape index (κ2) is 5.95. The van der Waals surface area contributed by atoms with Crippen molar-refractivity contribution in [1.29, 1.82) is 0 Å². The molecule has 1 atom stereocenters. The van der Waals surface area contributed by atoms with Gasteiger partial charge >= 0.3 is 0 Å². The van der Waals surface area contributed by atoms with Crippen molar-refractivity contribution >= 4 is 16.6 Å². The number of aromatic nitrogens is 1. The number of hydrogen-bond donors (Lipinski definition) is 0. The molecular weight excluding hydrogens is 271 g/mol. The van der Waals surface area contributed by atoms with E-state index in [9.17, 15) is 4.39 Å². The van der Waals surface area contributed by atoms with Gasteiger partial charge in [0.2, 0.25) is 0 Å². The number of benzene rings is 1. The van der Waals surface area contributed by atoms with Crippen molar-refractivity contribution in [2.45, 2.75) is 13.0 Å². The Morgan fingerprint density at radius 1 is 1.43 bits per heavy atom. The second-order valence-corrected chi connectivity index (χ2v) is 5.34. The third kappa shape index (κ3) is 2.99. The molecule has 1 aliphatic rings. The Morgan fingerprint density at radius 2 is 2.29 bits per heavy atom. The standard InChI is InChI=1S/C16H19FN2O2/c1-11-7-16(14-8-12(17)3-4-15(14)18-11)19-5-6-21-13(9-19)10-20-2/h3-4,7-8,13H,5-6,9-10H2,1-2H3. The van der Waals surface area contributed by atoms with E-state index in [4.69, 9.17) is 9.47 Å². The number of aryl methyl sites for hydroxylation is 1. The first-order chi connectivity index (χ1) is 10.2. The summed E-state index contributed by atoms with van der Waals surface area (Å²) in [4.78, 5) is 6.70. The fraction of sp³-hybridized carbons (Fsp3) is 0.438. The summed E-state index contributed by atoms with van der Waals surface area (Å²) < 4.78 is 24.4. The quantitative estimate of drug-likeness (QED) is 0.870. The minimum Gasteiger partial charge on any atom is -0.382 e. The first-order valence-corrected chi connectivity index (χ1v) is 7.10. The number of methoxy groups -OCH3 is 1. The van der Waals surface area contributed by atoms with Crippen LogP contribution in [-0.2, 0) is 9.47 Å². The number of halogens is 1. The van der Waals surface area contributed by atoms with Gasteiger partial charge in [-0.05, 0) is 31.2 Å². The molecule has 2 aromatic rings. The highest BCUT2D eigenvalue weighted by Crippen LogP contribution is 2.28. The van der Waals surface area contributed by atoms with Crippen molar-refractivity contribution in [2.75, 3.05) is 38.3 Å². The molecule has 1 aromatic carbocycles. The van der Waals surface area contributed by atoms with E-state index >= 15 is 0 Å². The predicted molar refractivity (Wildman–Crippen MR) is 80.3 cm³/mol. The minimum absolute atomic E-state index is 0.0424.